The molecule has 1 atom stereocenters. The largest absolute Gasteiger partial charge is 0.330 e. The first kappa shape index (κ1) is 10.3. The molecule has 86 valence electrons. The van der Waals surface area contributed by atoms with E-state index in [0.29, 0.717) is 5.41 Å². The average Bonchev–Trinajstić information content (AvgIpc) is 2.68. The van der Waals surface area contributed by atoms with Gasteiger partial charge < -0.3 is 5.73 Å². The molecule has 1 aromatic rings. The van der Waals surface area contributed by atoms with Crippen LogP contribution in [0.5, 0.6) is 0 Å². The first-order valence-electron chi connectivity index (χ1n) is 6.64. The van der Waals surface area contributed by atoms with Crippen LogP contribution >= 0.6 is 0 Å². The van der Waals surface area contributed by atoms with Gasteiger partial charge in [-0.2, -0.15) is 0 Å². The lowest BCUT2D eigenvalue weighted by Crippen LogP contribution is -2.37. The fraction of sp³-hybridized carbons (Fsp3) is 0.600. The van der Waals surface area contributed by atoms with Gasteiger partial charge in [-0.1, -0.05) is 30.7 Å². The average molecular weight is 215 g/mol. The molecule has 0 amide bonds. The molecule has 0 aliphatic heterocycles. The maximum Gasteiger partial charge on any atom is -0.00718 e. The molecular formula is C15H21N. The van der Waals surface area contributed by atoms with E-state index in [9.17, 15) is 0 Å². The Bertz CT molecular complexity index is 379. The van der Waals surface area contributed by atoms with E-state index in [4.69, 9.17) is 5.73 Å². The van der Waals surface area contributed by atoms with E-state index < -0.39 is 0 Å². The molecular weight excluding hydrogens is 194 g/mol. The van der Waals surface area contributed by atoms with Crippen LogP contribution in [0.2, 0.25) is 0 Å². The number of fused-ring (bicyclic) bond motifs is 1. The molecule has 0 heterocycles. The third kappa shape index (κ3) is 1.41. The summed E-state index contributed by atoms with van der Waals surface area (Å²) in [5.74, 6) is 0.806. The van der Waals surface area contributed by atoms with Crippen LogP contribution in [-0.2, 0) is 6.42 Å². The second-order valence-electron chi connectivity index (χ2n) is 5.54. The van der Waals surface area contributed by atoms with E-state index in [1.54, 1.807) is 11.1 Å². The van der Waals surface area contributed by atoms with Crippen molar-refractivity contribution >= 4 is 0 Å². The number of aryl methyl sites for hydroxylation is 1. The molecule has 1 unspecified atom stereocenters. The SMILES string of the molecule is NCCC1(C2CCc3ccccc32)CCC1. The minimum atomic E-state index is 0.571. The summed E-state index contributed by atoms with van der Waals surface area (Å²) in [7, 11) is 0. The summed E-state index contributed by atoms with van der Waals surface area (Å²) in [6.07, 6.45) is 8.10. The van der Waals surface area contributed by atoms with Crippen molar-refractivity contribution in [2.75, 3.05) is 6.54 Å². The maximum atomic E-state index is 5.81. The van der Waals surface area contributed by atoms with E-state index >= 15 is 0 Å². The summed E-state index contributed by atoms with van der Waals surface area (Å²) in [4.78, 5) is 0. The van der Waals surface area contributed by atoms with Crippen molar-refractivity contribution in [3.8, 4) is 0 Å². The Morgan fingerprint density at radius 2 is 2.06 bits per heavy atom. The quantitative estimate of drug-likeness (QED) is 0.823. The summed E-state index contributed by atoms with van der Waals surface area (Å²) in [6.45, 7) is 0.860. The van der Waals surface area contributed by atoms with Crippen LogP contribution in [0.4, 0.5) is 0 Å². The summed E-state index contributed by atoms with van der Waals surface area (Å²) in [5.41, 5.74) is 9.61. The minimum absolute atomic E-state index is 0.571. The van der Waals surface area contributed by atoms with Crippen molar-refractivity contribution in [3.05, 3.63) is 35.4 Å². The van der Waals surface area contributed by atoms with E-state index in [-0.39, 0.29) is 0 Å². The number of hydrogen-bond donors (Lipinski definition) is 1. The normalized spacial score (nSPS) is 26.2. The van der Waals surface area contributed by atoms with Gasteiger partial charge in [0.2, 0.25) is 0 Å². The molecule has 3 rings (SSSR count). The molecule has 1 heteroatoms. The molecule has 16 heavy (non-hydrogen) atoms. The van der Waals surface area contributed by atoms with E-state index in [1.807, 2.05) is 0 Å². The minimum Gasteiger partial charge on any atom is -0.330 e. The van der Waals surface area contributed by atoms with Crippen molar-refractivity contribution in [2.45, 2.75) is 44.4 Å². The van der Waals surface area contributed by atoms with Gasteiger partial charge in [0, 0.05) is 0 Å². The maximum absolute atomic E-state index is 5.81. The van der Waals surface area contributed by atoms with E-state index in [0.717, 1.165) is 12.5 Å². The van der Waals surface area contributed by atoms with Gasteiger partial charge in [-0.3, -0.25) is 0 Å². The standard InChI is InChI=1S/C15H21N/c16-11-10-15(8-3-9-15)14-7-6-12-4-1-2-5-13(12)14/h1-2,4-5,14H,3,6-11,16H2. The molecule has 2 aliphatic carbocycles. The molecule has 0 radical (unpaired) electrons. The lowest BCUT2D eigenvalue weighted by atomic mass is 9.58. The van der Waals surface area contributed by atoms with Crippen LogP contribution < -0.4 is 5.73 Å². The molecule has 0 spiro atoms. The summed E-state index contributed by atoms with van der Waals surface area (Å²) in [6, 6.07) is 9.04. The van der Waals surface area contributed by atoms with E-state index in [2.05, 4.69) is 24.3 Å². The fourth-order valence-corrected chi connectivity index (χ4v) is 3.88. The van der Waals surface area contributed by atoms with Gasteiger partial charge in [0.25, 0.3) is 0 Å². The molecule has 0 bridgehead atoms. The Labute approximate surface area is 98.0 Å². The number of hydrogen-bond acceptors (Lipinski definition) is 1. The smallest absolute Gasteiger partial charge is 0.00718 e. The van der Waals surface area contributed by atoms with Crippen molar-refractivity contribution in [1.82, 2.24) is 0 Å². The van der Waals surface area contributed by atoms with Crippen LogP contribution in [0.1, 0.15) is 49.1 Å². The Balaban J connectivity index is 1.91. The first-order valence-corrected chi connectivity index (χ1v) is 6.64. The van der Waals surface area contributed by atoms with Crippen molar-refractivity contribution < 1.29 is 0 Å². The van der Waals surface area contributed by atoms with Gasteiger partial charge in [-0.05, 0) is 61.1 Å². The van der Waals surface area contributed by atoms with Crippen molar-refractivity contribution in [3.63, 3.8) is 0 Å². The summed E-state index contributed by atoms with van der Waals surface area (Å²) >= 11 is 0. The molecule has 2 aliphatic rings. The van der Waals surface area contributed by atoms with Crippen molar-refractivity contribution in [1.29, 1.82) is 0 Å². The highest BCUT2D eigenvalue weighted by molar-refractivity contribution is 5.37. The highest BCUT2D eigenvalue weighted by Gasteiger charge is 2.45. The molecule has 1 saturated carbocycles. The Morgan fingerprint density at radius 3 is 2.75 bits per heavy atom. The molecule has 2 N–H and O–H groups in total. The molecule has 0 aromatic heterocycles. The zero-order valence-electron chi connectivity index (χ0n) is 9.91. The van der Waals surface area contributed by atoms with Crippen LogP contribution in [0.15, 0.2) is 24.3 Å². The lowest BCUT2D eigenvalue weighted by Gasteiger charge is -2.47. The van der Waals surface area contributed by atoms with Gasteiger partial charge in [0.15, 0.2) is 0 Å². The number of nitrogens with two attached hydrogens (primary N) is 1. The Kier molecular flexibility index (Phi) is 2.51. The van der Waals surface area contributed by atoms with Crippen LogP contribution in [0, 0.1) is 5.41 Å². The Morgan fingerprint density at radius 1 is 1.25 bits per heavy atom. The molecule has 1 nitrogen and oxygen atoms in total. The topological polar surface area (TPSA) is 26.0 Å². The van der Waals surface area contributed by atoms with Crippen LogP contribution in [-0.4, -0.2) is 6.54 Å². The third-order valence-corrected chi connectivity index (χ3v) is 4.86. The summed E-state index contributed by atoms with van der Waals surface area (Å²) in [5, 5.41) is 0. The highest BCUT2D eigenvalue weighted by atomic mass is 14.6. The Hall–Kier alpha value is -0.820. The third-order valence-electron chi connectivity index (χ3n) is 4.86. The first-order chi connectivity index (χ1) is 7.86. The zero-order valence-corrected chi connectivity index (χ0v) is 9.91. The van der Waals surface area contributed by atoms with Crippen LogP contribution in [0.3, 0.4) is 0 Å². The van der Waals surface area contributed by atoms with Gasteiger partial charge in [0.1, 0.15) is 0 Å². The molecule has 1 fully saturated rings. The second-order valence-corrected chi connectivity index (χ2v) is 5.54. The zero-order chi connectivity index (χ0) is 11.0. The van der Waals surface area contributed by atoms with Gasteiger partial charge >= 0.3 is 0 Å². The monoisotopic (exact) mass is 215 g/mol. The van der Waals surface area contributed by atoms with Crippen LogP contribution in [0.25, 0.3) is 0 Å². The molecule has 0 saturated heterocycles. The number of benzene rings is 1. The highest BCUT2D eigenvalue weighted by Crippen LogP contribution is 2.57. The predicted octanol–water partition coefficient (Wildman–Crippen LogP) is 3.24. The van der Waals surface area contributed by atoms with Crippen molar-refractivity contribution in [2.24, 2.45) is 11.1 Å². The van der Waals surface area contributed by atoms with E-state index in [1.165, 1.54) is 38.5 Å². The van der Waals surface area contributed by atoms with Gasteiger partial charge in [-0.15, -0.1) is 0 Å². The number of rotatable bonds is 3. The van der Waals surface area contributed by atoms with Gasteiger partial charge in [0.05, 0.1) is 0 Å². The second kappa shape index (κ2) is 3.89. The lowest BCUT2D eigenvalue weighted by molar-refractivity contribution is 0.0824. The van der Waals surface area contributed by atoms with Gasteiger partial charge in [-0.25, -0.2) is 0 Å². The fourth-order valence-electron chi connectivity index (χ4n) is 3.88. The molecule has 1 aromatic carbocycles. The predicted molar refractivity (Wildman–Crippen MR) is 67.5 cm³/mol. The summed E-state index contributed by atoms with van der Waals surface area (Å²) < 4.78 is 0.